The minimum atomic E-state index is -0.750. The number of carbonyl (C=O) groups is 2. The topological polar surface area (TPSA) is 84.2 Å². The number of hydrogen-bond donors (Lipinski definition) is 3. The summed E-state index contributed by atoms with van der Waals surface area (Å²) in [5, 5.41) is 6.16. The zero-order valence-corrected chi connectivity index (χ0v) is 14.7. The Morgan fingerprint density at radius 2 is 1.96 bits per heavy atom. The Morgan fingerprint density at radius 3 is 2.61 bits per heavy atom. The summed E-state index contributed by atoms with van der Waals surface area (Å²) >= 11 is 6.01. The SMILES string of the molecule is Cc1c(Cl)cccc1NC(=O)CCNC(=O)C1(N)CCCC1.Cl. The molecule has 0 aliphatic heterocycles. The van der Waals surface area contributed by atoms with Gasteiger partial charge in [-0.2, -0.15) is 0 Å². The standard InChI is InChI=1S/C16H22ClN3O2.ClH/c1-11-12(17)5-4-6-13(11)20-14(21)7-10-19-15(22)16(18)8-2-3-9-16;/h4-6H,2-3,7-10,18H2,1H3,(H,19,22)(H,20,21);1H. The molecule has 2 amide bonds. The van der Waals surface area contributed by atoms with E-state index in [2.05, 4.69) is 10.6 Å². The first-order valence-electron chi connectivity index (χ1n) is 7.54. The van der Waals surface area contributed by atoms with Crippen molar-refractivity contribution in [2.24, 2.45) is 5.73 Å². The van der Waals surface area contributed by atoms with Crippen LogP contribution in [0.15, 0.2) is 18.2 Å². The third-order valence-corrected chi connectivity index (χ3v) is 4.54. The highest BCUT2D eigenvalue weighted by Crippen LogP contribution is 2.27. The predicted molar refractivity (Wildman–Crippen MR) is 95.1 cm³/mol. The van der Waals surface area contributed by atoms with E-state index in [0.29, 0.717) is 23.6 Å². The van der Waals surface area contributed by atoms with Crippen molar-refractivity contribution in [3.05, 3.63) is 28.8 Å². The van der Waals surface area contributed by atoms with Crippen LogP contribution in [0.4, 0.5) is 5.69 Å². The van der Waals surface area contributed by atoms with Gasteiger partial charge in [0, 0.05) is 23.7 Å². The Kier molecular flexibility index (Phi) is 7.32. The number of halogens is 2. The minimum absolute atomic E-state index is 0. The Hall–Kier alpha value is -1.30. The first kappa shape index (κ1) is 19.7. The highest BCUT2D eigenvalue weighted by Gasteiger charge is 2.36. The van der Waals surface area contributed by atoms with Gasteiger partial charge in [0.15, 0.2) is 0 Å². The summed E-state index contributed by atoms with van der Waals surface area (Å²) in [5.41, 5.74) is 6.82. The van der Waals surface area contributed by atoms with Gasteiger partial charge in [0.2, 0.25) is 11.8 Å². The molecule has 0 bridgehead atoms. The monoisotopic (exact) mass is 359 g/mol. The smallest absolute Gasteiger partial charge is 0.240 e. The van der Waals surface area contributed by atoms with Gasteiger partial charge in [-0.1, -0.05) is 30.5 Å². The minimum Gasteiger partial charge on any atom is -0.354 e. The quantitative estimate of drug-likeness (QED) is 0.755. The van der Waals surface area contributed by atoms with Crippen LogP contribution in [0.1, 0.15) is 37.7 Å². The summed E-state index contributed by atoms with van der Waals surface area (Å²) in [6.07, 6.45) is 3.60. The molecule has 1 aliphatic rings. The van der Waals surface area contributed by atoms with E-state index in [1.807, 2.05) is 6.92 Å². The van der Waals surface area contributed by atoms with Gasteiger partial charge in [0.05, 0.1) is 5.54 Å². The van der Waals surface area contributed by atoms with Crippen LogP contribution in [-0.4, -0.2) is 23.9 Å². The van der Waals surface area contributed by atoms with Gasteiger partial charge in [-0.25, -0.2) is 0 Å². The van der Waals surface area contributed by atoms with E-state index in [0.717, 1.165) is 18.4 Å². The van der Waals surface area contributed by atoms with Crippen LogP contribution in [0, 0.1) is 6.92 Å². The number of benzene rings is 1. The summed E-state index contributed by atoms with van der Waals surface area (Å²) in [4.78, 5) is 23.9. The summed E-state index contributed by atoms with van der Waals surface area (Å²) < 4.78 is 0. The molecule has 1 aromatic rings. The maximum absolute atomic E-state index is 12.0. The normalized spacial score (nSPS) is 15.6. The zero-order chi connectivity index (χ0) is 16.2. The van der Waals surface area contributed by atoms with Gasteiger partial charge in [-0.3, -0.25) is 9.59 Å². The van der Waals surface area contributed by atoms with Crippen LogP contribution in [-0.2, 0) is 9.59 Å². The second-order valence-corrected chi connectivity index (χ2v) is 6.24. The Bertz CT molecular complexity index is 572. The maximum atomic E-state index is 12.0. The van der Waals surface area contributed by atoms with Crippen LogP contribution in [0.25, 0.3) is 0 Å². The number of rotatable bonds is 5. The van der Waals surface area contributed by atoms with E-state index in [1.165, 1.54) is 0 Å². The average Bonchev–Trinajstić information content (AvgIpc) is 2.92. The lowest BCUT2D eigenvalue weighted by Crippen LogP contribution is -2.52. The second kappa shape index (κ2) is 8.52. The van der Waals surface area contributed by atoms with Gasteiger partial charge in [0.1, 0.15) is 0 Å². The molecule has 0 atom stereocenters. The molecule has 1 fully saturated rings. The summed E-state index contributed by atoms with van der Waals surface area (Å²) in [7, 11) is 0. The van der Waals surface area contributed by atoms with Crippen molar-refractivity contribution in [3.8, 4) is 0 Å². The molecular formula is C16H23Cl2N3O2. The highest BCUT2D eigenvalue weighted by molar-refractivity contribution is 6.31. The van der Waals surface area contributed by atoms with E-state index < -0.39 is 5.54 Å². The molecule has 5 nitrogen and oxygen atoms in total. The number of nitrogens with two attached hydrogens (primary N) is 1. The van der Waals surface area contributed by atoms with Gasteiger partial charge in [-0.05, 0) is 37.5 Å². The molecule has 0 saturated heterocycles. The van der Waals surface area contributed by atoms with E-state index in [9.17, 15) is 9.59 Å². The molecular weight excluding hydrogens is 337 g/mol. The van der Waals surface area contributed by atoms with Crippen LogP contribution in [0.2, 0.25) is 5.02 Å². The largest absolute Gasteiger partial charge is 0.354 e. The van der Waals surface area contributed by atoms with Gasteiger partial charge < -0.3 is 16.4 Å². The molecule has 4 N–H and O–H groups in total. The molecule has 1 saturated carbocycles. The fraction of sp³-hybridized carbons (Fsp3) is 0.500. The fourth-order valence-corrected chi connectivity index (χ4v) is 2.83. The van der Waals surface area contributed by atoms with Crippen LogP contribution in [0.3, 0.4) is 0 Å². The molecule has 2 rings (SSSR count). The molecule has 0 spiro atoms. The van der Waals surface area contributed by atoms with Crippen molar-refractivity contribution in [3.63, 3.8) is 0 Å². The molecule has 23 heavy (non-hydrogen) atoms. The molecule has 128 valence electrons. The van der Waals surface area contributed by atoms with E-state index in [4.69, 9.17) is 17.3 Å². The van der Waals surface area contributed by atoms with Crippen LogP contribution >= 0.6 is 24.0 Å². The number of hydrogen-bond acceptors (Lipinski definition) is 3. The molecule has 0 unspecified atom stereocenters. The third kappa shape index (κ3) is 5.09. The average molecular weight is 360 g/mol. The fourth-order valence-electron chi connectivity index (χ4n) is 2.65. The van der Waals surface area contributed by atoms with Crippen LogP contribution < -0.4 is 16.4 Å². The lowest BCUT2D eigenvalue weighted by molar-refractivity contribution is -0.126. The van der Waals surface area contributed by atoms with Crippen molar-refractivity contribution in [1.29, 1.82) is 0 Å². The molecule has 1 aromatic carbocycles. The van der Waals surface area contributed by atoms with E-state index >= 15 is 0 Å². The van der Waals surface area contributed by atoms with Crippen LogP contribution in [0.5, 0.6) is 0 Å². The van der Waals surface area contributed by atoms with Crippen molar-refractivity contribution in [1.82, 2.24) is 5.32 Å². The third-order valence-electron chi connectivity index (χ3n) is 4.13. The van der Waals surface area contributed by atoms with Crippen molar-refractivity contribution in [2.45, 2.75) is 44.6 Å². The first-order chi connectivity index (χ1) is 10.4. The number of nitrogens with one attached hydrogen (secondary N) is 2. The summed E-state index contributed by atoms with van der Waals surface area (Å²) in [6, 6.07) is 5.35. The van der Waals surface area contributed by atoms with Crippen molar-refractivity contribution >= 4 is 41.5 Å². The van der Waals surface area contributed by atoms with Crippen molar-refractivity contribution in [2.75, 3.05) is 11.9 Å². The van der Waals surface area contributed by atoms with Crippen molar-refractivity contribution < 1.29 is 9.59 Å². The summed E-state index contributed by atoms with van der Waals surface area (Å²) in [6.45, 7) is 2.13. The Morgan fingerprint density at radius 1 is 1.30 bits per heavy atom. The predicted octanol–water partition coefficient (Wildman–Crippen LogP) is 2.79. The molecule has 7 heteroatoms. The molecule has 0 aromatic heterocycles. The second-order valence-electron chi connectivity index (χ2n) is 5.83. The molecule has 0 radical (unpaired) electrons. The van der Waals surface area contributed by atoms with E-state index in [1.54, 1.807) is 18.2 Å². The van der Waals surface area contributed by atoms with E-state index in [-0.39, 0.29) is 37.2 Å². The maximum Gasteiger partial charge on any atom is 0.240 e. The first-order valence-corrected chi connectivity index (χ1v) is 7.92. The highest BCUT2D eigenvalue weighted by atomic mass is 35.5. The number of anilines is 1. The van der Waals surface area contributed by atoms with Gasteiger partial charge in [0.25, 0.3) is 0 Å². The number of carbonyl (C=O) groups excluding carboxylic acids is 2. The van der Waals surface area contributed by atoms with Gasteiger partial charge in [-0.15, -0.1) is 12.4 Å². The lowest BCUT2D eigenvalue weighted by atomic mass is 9.98. The zero-order valence-electron chi connectivity index (χ0n) is 13.2. The molecule has 0 heterocycles. The molecule has 1 aliphatic carbocycles. The Balaban J connectivity index is 0.00000264. The summed E-state index contributed by atoms with van der Waals surface area (Å²) in [5.74, 6) is -0.320. The number of amides is 2. The Labute approximate surface area is 147 Å². The lowest BCUT2D eigenvalue weighted by Gasteiger charge is -2.22. The van der Waals surface area contributed by atoms with Gasteiger partial charge >= 0.3 is 0 Å².